The second-order valence-electron chi connectivity index (χ2n) is 6.71. The van der Waals surface area contributed by atoms with Crippen molar-refractivity contribution < 1.29 is 4.79 Å². The minimum absolute atomic E-state index is 0.255. The maximum atomic E-state index is 12.7. The van der Waals surface area contributed by atoms with E-state index in [0.717, 1.165) is 64.7 Å². The molecular weight excluding hydrogens is 274 g/mol. The molecule has 1 N–H and O–H groups in total. The number of carbonyl (C=O) groups is 1. The minimum Gasteiger partial charge on any atom is -0.342 e. The number of aromatic nitrogens is 1. The first-order valence-corrected chi connectivity index (χ1v) is 8.71. The smallest absolute Gasteiger partial charge is 0.225 e. The van der Waals surface area contributed by atoms with Crippen molar-refractivity contribution in [2.75, 3.05) is 26.2 Å². The van der Waals surface area contributed by atoms with E-state index in [9.17, 15) is 4.79 Å². The number of pyridine rings is 1. The van der Waals surface area contributed by atoms with Crippen LogP contribution in [-0.2, 0) is 11.2 Å². The van der Waals surface area contributed by atoms with Crippen LogP contribution in [0.5, 0.6) is 0 Å². The predicted octanol–water partition coefficient (Wildman–Crippen LogP) is 2.25. The molecular formula is C18H27N3O. The summed E-state index contributed by atoms with van der Waals surface area (Å²) in [6, 6.07) is 4.16. The highest BCUT2D eigenvalue weighted by Gasteiger charge is 2.28. The molecule has 0 spiro atoms. The number of carbonyl (C=O) groups excluding carboxylic acids is 1. The fourth-order valence-electron chi connectivity index (χ4n) is 3.73. The highest BCUT2D eigenvalue weighted by Crippen LogP contribution is 2.24. The SMILES string of the molecule is O=C(C1CCCNCC1)N1CCC(Cc2cccnc2)CC1. The van der Waals surface area contributed by atoms with Gasteiger partial charge in [0.25, 0.3) is 0 Å². The van der Waals surface area contributed by atoms with Gasteiger partial charge in [-0.05, 0) is 69.2 Å². The lowest BCUT2D eigenvalue weighted by molar-refractivity contribution is -0.137. The van der Waals surface area contributed by atoms with Crippen LogP contribution in [0.2, 0.25) is 0 Å². The van der Waals surface area contributed by atoms with Crippen LogP contribution in [0.25, 0.3) is 0 Å². The summed E-state index contributed by atoms with van der Waals surface area (Å²) in [7, 11) is 0. The fourth-order valence-corrected chi connectivity index (χ4v) is 3.73. The van der Waals surface area contributed by atoms with E-state index in [0.29, 0.717) is 11.8 Å². The lowest BCUT2D eigenvalue weighted by atomic mass is 9.89. The van der Waals surface area contributed by atoms with E-state index >= 15 is 0 Å². The van der Waals surface area contributed by atoms with E-state index < -0.39 is 0 Å². The number of rotatable bonds is 3. The number of piperidine rings is 1. The molecule has 1 aromatic heterocycles. The summed E-state index contributed by atoms with van der Waals surface area (Å²) in [6.07, 6.45) is 10.4. The van der Waals surface area contributed by atoms with E-state index in [1.54, 1.807) is 0 Å². The van der Waals surface area contributed by atoms with Gasteiger partial charge in [0.15, 0.2) is 0 Å². The minimum atomic E-state index is 0.255. The molecule has 3 rings (SSSR count). The number of nitrogens with zero attached hydrogens (tertiary/aromatic N) is 2. The molecule has 120 valence electrons. The van der Waals surface area contributed by atoms with E-state index in [2.05, 4.69) is 21.3 Å². The van der Waals surface area contributed by atoms with Gasteiger partial charge in [-0.15, -0.1) is 0 Å². The molecule has 2 fully saturated rings. The Morgan fingerprint density at radius 1 is 1.23 bits per heavy atom. The maximum Gasteiger partial charge on any atom is 0.225 e. The van der Waals surface area contributed by atoms with Crippen molar-refractivity contribution in [2.24, 2.45) is 11.8 Å². The zero-order valence-corrected chi connectivity index (χ0v) is 13.3. The quantitative estimate of drug-likeness (QED) is 0.931. The van der Waals surface area contributed by atoms with Crippen molar-refractivity contribution in [3.63, 3.8) is 0 Å². The second kappa shape index (κ2) is 7.73. The van der Waals surface area contributed by atoms with Crippen LogP contribution in [0, 0.1) is 11.8 Å². The Morgan fingerprint density at radius 2 is 2.09 bits per heavy atom. The Balaban J connectivity index is 1.47. The van der Waals surface area contributed by atoms with Gasteiger partial charge in [0.1, 0.15) is 0 Å². The topological polar surface area (TPSA) is 45.2 Å². The number of hydrogen-bond donors (Lipinski definition) is 1. The molecule has 0 radical (unpaired) electrons. The van der Waals surface area contributed by atoms with Gasteiger partial charge in [0, 0.05) is 31.4 Å². The number of likely N-dealkylation sites (tertiary alicyclic amines) is 1. The summed E-state index contributed by atoms with van der Waals surface area (Å²) in [5.41, 5.74) is 1.32. The first-order valence-electron chi connectivity index (χ1n) is 8.71. The highest BCUT2D eigenvalue weighted by atomic mass is 16.2. The molecule has 0 aromatic carbocycles. The molecule has 2 aliphatic heterocycles. The molecule has 1 aromatic rings. The molecule has 1 atom stereocenters. The zero-order chi connectivity index (χ0) is 15.2. The summed E-state index contributed by atoms with van der Waals surface area (Å²) in [5, 5.41) is 3.39. The van der Waals surface area contributed by atoms with Crippen LogP contribution in [0.1, 0.15) is 37.7 Å². The molecule has 1 unspecified atom stereocenters. The van der Waals surface area contributed by atoms with Crippen molar-refractivity contribution in [3.8, 4) is 0 Å². The number of amides is 1. The molecule has 4 heteroatoms. The molecule has 0 aliphatic carbocycles. The summed E-state index contributed by atoms with van der Waals surface area (Å²) in [4.78, 5) is 19.0. The molecule has 1 amide bonds. The first kappa shape index (κ1) is 15.5. The van der Waals surface area contributed by atoms with Gasteiger partial charge in [0.05, 0.1) is 0 Å². The van der Waals surface area contributed by atoms with Gasteiger partial charge in [-0.2, -0.15) is 0 Å². The Bertz CT molecular complexity index is 460. The van der Waals surface area contributed by atoms with Gasteiger partial charge in [-0.3, -0.25) is 9.78 Å². The number of hydrogen-bond acceptors (Lipinski definition) is 3. The lowest BCUT2D eigenvalue weighted by Crippen LogP contribution is -2.42. The Morgan fingerprint density at radius 3 is 2.86 bits per heavy atom. The highest BCUT2D eigenvalue weighted by molar-refractivity contribution is 5.79. The average Bonchev–Trinajstić information content (AvgIpc) is 2.85. The second-order valence-corrected chi connectivity index (χ2v) is 6.71. The summed E-state index contributed by atoms with van der Waals surface area (Å²) in [6.45, 7) is 3.94. The zero-order valence-electron chi connectivity index (χ0n) is 13.3. The van der Waals surface area contributed by atoms with Crippen molar-refractivity contribution in [1.29, 1.82) is 0 Å². The van der Waals surface area contributed by atoms with Crippen LogP contribution in [0.3, 0.4) is 0 Å². The maximum absolute atomic E-state index is 12.7. The van der Waals surface area contributed by atoms with Gasteiger partial charge >= 0.3 is 0 Å². The van der Waals surface area contributed by atoms with Crippen LogP contribution >= 0.6 is 0 Å². The Hall–Kier alpha value is -1.42. The van der Waals surface area contributed by atoms with Crippen LogP contribution in [0.4, 0.5) is 0 Å². The van der Waals surface area contributed by atoms with E-state index in [1.165, 1.54) is 5.56 Å². The third-order valence-electron chi connectivity index (χ3n) is 5.10. The normalized spacial score (nSPS) is 24.0. The molecule has 2 aliphatic rings. The van der Waals surface area contributed by atoms with Crippen molar-refractivity contribution in [2.45, 2.75) is 38.5 Å². The van der Waals surface area contributed by atoms with Crippen LogP contribution in [0.15, 0.2) is 24.5 Å². The summed E-state index contributed by atoms with van der Waals surface area (Å²) in [5.74, 6) is 1.36. The summed E-state index contributed by atoms with van der Waals surface area (Å²) < 4.78 is 0. The molecule has 22 heavy (non-hydrogen) atoms. The van der Waals surface area contributed by atoms with Crippen molar-refractivity contribution in [1.82, 2.24) is 15.2 Å². The van der Waals surface area contributed by atoms with E-state index in [4.69, 9.17) is 0 Å². The molecule has 0 saturated carbocycles. The lowest BCUT2D eigenvalue weighted by Gasteiger charge is -2.34. The average molecular weight is 301 g/mol. The molecule has 2 saturated heterocycles. The first-order chi connectivity index (χ1) is 10.8. The van der Waals surface area contributed by atoms with E-state index in [1.807, 2.05) is 18.5 Å². The molecule has 4 nitrogen and oxygen atoms in total. The molecule has 0 bridgehead atoms. The van der Waals surface area contributed by atoms with Crippen LogP contribution in [-0.4, -0.2) is 42.0 Å². The van der Waals surface area contributed by atoms with Gasteiger partial charge in [0.2, 0.25) is 5.91 Å². The number of nitrogens with one attached hydrogen (secondary N) is 1. The molecule has 3 heterocycles. The third kappa shape index (κ3) is 4.07. The van der Waals surface area contributed by atoms with Crippen molar-refractivity contribution >= 4 is 5.91 Å². The van der Waals surface area contributed by atoms with Crippen LogP contribution < -0.4 is 5.32 Å². The Kier molecular flexibility index (Phi) is 5.43. The standard InChI is InChI=1S/C18H27N3O/c22-18(17-4-2-8-19-10-5-17)21-11-6-15(7-12-21)13-16-3-1-9-20-14-16/h1,3,9,14-15,17,19H,2,4-8,10-13H2. The van der Waals surface area contributed by atoms with Gasteiger partial charge in [-0.1, -0.05) is 6.07 Å². The predicted molar refractivity (Wildman–Crippen MR) is 87.5 cm³/mol. The monoisotopic (exact) mass is 301 g/mol. The largest absolute Gasteiger partial charge is 0.342 e. The third-order valence-corrected chi connectivity index (χ3v) is 5.10. The van der Waals surface area contributed by atoms with Gasteiger partial charge < -0.3 is 10.2 Å². The van der Waals surface area contributed by atoms with Gasteiger partial charge in [-0.25, -0.2) is 0 Å². The Labute approximate surface area is 133 Å². The fraction of sp³-hybridized carbons (Fsp3) is 0.667. The van der Waals surface area contributed by atoms with E-state index in [-0.39, 0.29) is 5.92 Å². The van der Waals surface area contributed by atoms with Crippen molar-refractivity contribution in [3.05, 3.63) is 30.1 Å². The summed E-state index contributed by atoms with van der Waals surface area (Å²) >= 11 is 0.